The third kappa shape index (κ3) is 3.31. The van der Waals surface area contributed by atoms with Crippen LogP contribution in [-0.4, -0.2) is 16.8 Å². The SMILES string of the molecule is O=C1OC(c2cc(I)ccc2Cl)=N/C1=C\c1ccccc1[N+](=O)[O-]. The van der Waals surface area contributed by atoms with Crippen molar-refractivity contribution in [2.75, 3.05) is 0 Å². The number of aliphatic imine (C=N–C) groups is 1. The summed E-state index contributed by atoms with van der Waals surface area (Å²) in [7, 11) is 0. The van der Waals surface area contributed by atoms with Crippen LogP contribution < -0.4 is 0 Å². The second-order valence-electron chi connectivity index (χ2n) is 4.78. The molecule has 0 unspecified atom stereocenters. The Hall–Kier alpha value is -2.26. The average molecular weight is 455 g/mol. The van der Waals surface area contributed by atoms with Crippen molar-refractivity contribution in [3.63, 3.8) is 0 Å². The van der Waals surface area contributed by atoms with Gasteiger partial charge in [-0.25, -0.2) is 9.79 Å². The molecule has 0 N–H and O–H groups in total. The summed E-state index contributed by atoms with van der Waals surface area (Å²) in [6.45, 7) is 0. The van der Waals surface area contributed by atoms with Gasteiger partial charge in [-0.2, -0.15) is 0 Å². The quantitative estimate of drug-likeness (QED) is 0.229. The Bertz CT molecular complexity index is 924. The van der Waals surface area contributed by atoms with E-state index in [1.807, 2.05) is 6.07 Å². The topological polar surface area (TPSA) is 81.8 Å². The number of carbonyl (C=O) groups is 1. The van der Waals surface area contributed by atoms with Crippen LogP contribution in [0, 0.1) is 13.7 Å². The Kier molecular flexibility index (Phi) is 4.63. The number of esters is 1. The maximum atomic E-state index is 12.0. The van der Waals surface area contributed by atoms with Gasteiger partial charge in [0.2, 0.25) is 5.90 Å². The average Bonchev–Trinajstić information content (AvgIpc) is 2.91. The number of nitro benzene ring substituents is 1. The molecule has 0 saturated heterocycles. The molecule has 8 heteroatoms. The minimum atomic E-state index is -0.682. The number of ether oxygens (including phenoxy) is 1. The van der Waals surface area contributed by atoms with Crippen LogP contribution in [0.3, 0.4) is 0 Å². The Balaban J connectivity index is 2.04. The first-order valence-electron chi connectivity index (χ1n) is 6.67. The van der Waals surface area contributed by atoms with Gasteiger partial charge in [-0.05, 0) is 52.9 Å². The van der Waals surface area contributed by atoms with E-state index in [-0.39, 0.29) is 22.8 Å². The van der Waals surface area contributed by atoms with E-state index in [2.05, 4.69) is 27.6 Å². The lowest BCUT2D eigenvalue weighted by molar-refractivity contribution is -0.385. The number of nitro groups is 1. The number of para-hydroxylation sites is 1. The molecule has 2 aromatic rings. The summed E-state index contributed by atoms with van der Waals surface area (Å²) >= 11 is 8.22. The van der Waals surface area contributed by atoms with Crippen LogP contribution in [0.1, 0.15) is 11.1 Å². The van der Waals surface area contributed by atoms with Gasteiger partial charge < -0.3 is 4.74 Å². The van der Waals surface area contributed by atoms with Gasteiger partial charge in [-0.3, -0.25) is 10.1 Å². The number of hydrogen-bond donors (Lipinski definition) is 0. The van der Waals surface area contributed by atoms with Gasteiger partial charge >= 0.3 is 5.97 Å². The van der Waals surface area contributed by atoms with Crippen LogP contribution in [0.25, 0.3) is 6.08 Å². The van der Waals surface area contributed by atoms with E-state index in [9.17, 15) is 14.9 Å². The second-order valence-corrected chi connectivity index (χ2v) is 6.43. The van der Waals surface area contributed by atoms with E-state index in [4.69, 9.17) is 16.3 Å². The van der Waals surface area contributed by atoms with Crippen molar-refractivity contribution in [1.82, 2.24) is 0 Å². The third-order valence-electron chi connectivity index (χ3n) is 3.20. The fourth-order valence-electron chi connectivity index (χ4n) is 2.11. The van der Waals surface area contributed by atoms with Gasteiger partial charge in [0, 0.05) is 9.64 Å². The lowest BCUT2D eigenvalue weighted by Crippen LogP contribution is -2.06. The Morgan fingerprint density at radius 1 is 1.25 bits per heavy atom. The molecule has 0 amide bonds. The summed E-state index contributed by atoms with van der Waals surface area (Å²) in [6.07, 6.45) is 1.33. The highest BCUT2D eigenvalue weighted by Crippen LogP contribution is 2.27. The van der Waals surface area contributed by atoms with Crippen molar-refractivity contribution in [2.24, 2.45) is 4.99 Å². The molecule has 0 spiro atoms. The van der Waals surface area contributed by atoms with E-state index in [1.54, 1.807) is 24.3 Å². The van der Waals surface area contributed by atoms with Crippen molar-refractivity contribution in [3.8, 4) is 0 Å². The maximum absolute atomic E-state index is 12.0. The van der Waals surface area contributed by atoms with Gasteiger partial charge in [-0.15, -0.1) is 0 Å². The number of nitrogens with zero attached hydrogens (tertiary/aromatic N) is 2. The van der Waals surface area contributed by atoms with Gasteiger partial charge in [0.15, 0.2) is 5.70 Å². The lowest BCUT2D eigenvalue weighted by atomic mass is 10.1. The number of cyclic esters (lactones) is 1. The Morgan fingerprint density at radius 3 is 2.75 bits per heavy atom. The predicted octanol–water partition coefficient (Wildman–Crippen LogP) is 4.20. The van der Waals surface area contributed by atoms with Crippen LogP contribution >= 0.6 is 34.2 Å². The smallest absolute Gasteiger partial charge is 0.363 e. The van der Waals surface area contributed by atoms with Crippen molar-refractivity contribution in [1.29, 1.82) is 0 Å². The normalized spacial score (nSPS) is 15.3. The molecule has 0 bridgehead atoms. The van der Waals surface area contributed by atoms with E-state index in [0.29, 0.717) is 10.6 Å². The summed E-state index contributed by atoms with van der Waals surface area (Å²) < 4.78 is 6.06. The first-order chi connectivity index (χ1) is 11.5. The van der Waals surface area contributed by atoms with E-state index in [1.165, 1.54) is 18.2 Å². The van der Waals surface area contributed by atoms with Gasteiger partial charge in [0.1, 0.15) is 0 Å². The zero-order chi connectivity index (χ0) is 17.3. The van der Waals surface area contributed by atoms with E-state index < -0.39 is 10.9 Å². The summed E-state index contributed by atoms with van der Waals surface area (Å²) in [4.78, 5) is 26.7. The van der Waals surface area contributed by atoms with Crippen molar-refractivity contribution in [3.05, 3.63) is 78.0 Å². The molecule has 2 aromatic carbocycles. The molecular formula is C16H8ClIN2O4. The van der Waals surface area contributed by atoms with Crippen LogP contribution in [0.15, 0.2) is 53.2 Å². The van der Waals surface area contributed by atoms with Crippen LogP contribution in [-0.2, 0) is 9.53 Å². The second kappa shape index (κ2) is 6.70. The molecule has 1 heterocycles. The van der Waals surface area contributed by atoms with Crippen molar-refractivity contribution in [2.45, 2.75) is 0 Å². The zero-order valence-corrected chi connectivity index (χ0v) is 14.8. The van der Waals surface area contributed by atoms with E-state index >= 15 is 0 Å². The van der Waals surface area contributed by atoms with Crippen molar-refractivity contribution < 1.29 is 14.5 Å². The molecule has 6 nitrogen and oxygen atoms in total. The highest BCUT2D eigenvalue weighted by atomic mass is 127. The van der Waals surface area contributed by atoms with Gasteiger partial charge in [-0.1, -0.05) is 23.7 Å². The summed E-state index contributed by atoms with van der Waals surface area (Å²) in [6, 6.07) is 11.3. The predicted molar refractivity (Wildman–Crippen MR) is 97.9 cm³/mol. The molecular weight excluding hydrogens is 447 g/mol. The molecule has 120 valence electrons. The zero-order valence-electron chi connectivity index (χ0n) is 11.9. The van der Waals surface area contributed by atoms with Crippen LogP contribution in [0.5, 0.6) is 0 Å². The number of hydrogen-bond acceptors (Lipinski definition) is 5. The molecule has 1 aliphatic rings. The summed E-state index contributed by atoms with van der Waals surface area (Å²) in [5, 5.41) is 11.4. The number of halogens is 2. The molecule has 0 saturated carbocycles. The molecule has 0 aliphatic carbocycles. The van der Waals surface area contributed by atoms with Gasteiger partial charge in [0.25, 0.3) is 5.69 Å². The standard InChI is InChI=1S/C16H8ClIN2O4/c17-12-6-5-10(18)8-11(12)15-19-13(16(21)24-15)7-9-3-1-2-4-14(9)20(22)23/h1-8H/b13-7-. The molecule has 3 rings (SSSR count). The fraction of sp³-hybridized carbons (Fsp3) is 0. The number of carbonyl (C=O) groups excluding carboxylic acids is 1. The van der Waals surface area contributed by atoms with Gasteiger partial charge in [0.05, 0.1) is 21.1 Å². The monoisotopic (exact) mass is 454 g/mol. The summed E-state index contributed by atoms with van der Waals surface area (Å²) in [5.74, 6) is -0.605. The molecule has 0 radical (unpaired) electrons. The first-order valence-corrected chi connectivity index (χ1v) is 8.13. The Labute approximate surface area is 155 Å². The van der Waals surface area contributed by atoms with Crippen LogP contribution in [0.4, 0.5) is 5.69 Å². The van der Waals surface area contributed by atoms with Crippen LogP contribution in [0.2, 0.25) is 5.02 Å². The Morgan fingerprint density at radius 2 is 2.00 bits per heavy atom. The largest absolute Gasteiger partial charge is 0.402 e. The molecule has 0 fully saturated rings. The minimum absolute atomic E-state index is 0.0192. The third-order valence-corrected chi connectivity index (χ3v) is 4.21. The number of benzene rings is 2. The molecule has 0 aromatic heterocycles. The highest BCUT2D eigenvalue weighted by Gasteiger charge is 2.26. The number of rotatable bonds is 3. The summed E-state index contributed by atoms with van der Waals surface area (Å²) in [5.41, 5.74) is 0.624. The first kappa shape index (κ1) is 16.6. The lowest BCUT2D eigenvalue weighted by Gasteiger charge is -2.02. The maximum Gasteiger partial charge on any atom is 0.363 e. The van der Waals surface area contributed by atoms with Crippen molar-refractivity contribution >= 4 is 57.8 Å². The highest BCUT2D eigenvalue weighted by molar-refractivity contribution is 14.1. The van der Waals surface area contributed by atoms with E-state index in [0.717, 1.165) is 3.57 Å². The minimum Gasteiger partial charge on any atom is -0.402 e. The molecule has 1 aliphatic heterocycles. The molecule has 24 heavy (non-hydrogen) atoms. The fourth-order valence-corrected chi connectivity index (χ4v) is 2.80. The molecule has 0 atom stereocenters.